The molecular formula is C41H56Cl3NO13Si. The zero-order chi connectivity index (χ0) is 43.3. The third-order valence-electron chi connectivity index (χ3n) is 11.4. The van der Waals surface area contributed by atoms with Crippen molar-refractivity contribution in [1.82, 2.24) is 5.32 Å². The van der Waals surface area contributed by atoms with Crippen molar-refractivity contribution in [2.75, 3.05) is 13.2 Å². The fraction of sp³-hybridized carbons (Fsp3) is 0.634. The number of rotatable bonds is 14. The molecular weight excluding hydrogens is 849 g/mol. The Kier molecular flexibility index (Phi) is 16.2. The van der Waals surface area contributed by atoms with E-state index in [-0.39, 0.29) is 24.2 Å². The van der Waals surface area contributed by atoms with Crippen LogP contribution in [0, 0.1) is 5.92 Å². The van der Waals surface area contributed by atoms with E-state index in [4.69, 9.17) is 81.9 Å². The first-order valence-electron chi connectivity index (χ1n) is 19.6. The van der Waals surface area contributed by atoms with E-state index in [2.05, 4.69) is 46.1 Å². The third kappa shape index (κ3) is 12.3. The summed E-state index contributed by atoms with van der Waals surface area (Å²) in [5.41, 5.74) is 1.53. The minimum atomic E-state index is -2.74. The van der Waals surface area contributed by atoms with E-state index in [1.807, 2.05) is 60.7 Å². The van der Waals surface area contributed by atoms with Gasteiger partial charge in [-0.1, -0.05) is 123 Å². The summed E-state index contributed by atoms with van der Waals surface area (Å²) in [5, 5.41) is 2.58. The number of ether oxygens (including phenoxy) is 9. The minimum absolute atomic E-state index is 0.0365. The van der Waals surface area contributed by atoms with Crippen LogP contribution in [0.3, 0.4) is 0 Å². The number of amides is 1. The molecule has 3 saturated heterocycles. The van der Waals surface area contributed by atoms with E-state index in [1.54, 1.807) is 6.92 Å². The highest BCUT2D eigenvalue weighted by molar-refractivity contribution is 6.74. The Morgan fingerprint density at radius 1 is 0.847 bits per heavy atom. The predicted octanol–water partition coefficient (Wildman–Crippen LogP) is 7.53. The zero-order valence-electron chi connectivity index (χ0n) is 34.8. The van der Waals surface area contributed by atoms with Crippen LogP contribution in [0.15, 0.2) is 60.7 Å². The molecule has 328 valence electrons. The molecule has 3 heterocycles. The Bertz CT molecular complexity index is 1700. The molecule has 11 atom stereocenters. The Morgan fingerprint density at radius 3 is 2.05 bits per heavy atom. The molecule has 0 aliphatic carbocycles. The quantitative estimate of drug-likeness (QED) is 0.0861. The number of fused-ring (bicyclic) bond motifs is 1. The van der Waals surface area contributed by atoms with E-state index in [0.29, 0.717) is 0 Å². The number of alkyl carbamates (subject to hydrolysis) is 1. The average Bonchev–Trinajstić information content (AvgIpc) is 3.16. The normalized spacial score (nSPS) is 30.2. The number of halogens is 3. The molecule has 3 aliphatic rings. The smallest absolute Gasteiger partial charge is 0.407 e. The van der Waals surface area contributed by atoms with Gasteiger partial charge in [-0.2, -0.15) is 0 Å². The highest BCUT2D eigenvalue weighted by Crippen LogP contribution is 2.47. The van der Waals surface area contributed by atoms with Crippen LogP contribution in [0.5, 0.6) is 0 Å². The molecule has 1 amide bonds. The van der Waals surface area contributed by atoms with Gasteiger partial charge in [-0.15, -0.1) is 0 Å². The van der Waals surface area contributed by atoms with E-state index in [0.717, 1.165) is 11.1 Å². The number of carbonyl (C=O) groups excluding carboxylic acids is 3. The summed E-state index contributed by atoms with van der Waals surface area (Å²) in [4.78, 5) is 38.7. The molecule has 3 fully saturated rings. The van der Waals surface area contributed by atoms with E-state index in [9.17, 15) is 14.4 Å². The van der Waals surface area contributed by atoms with Crippen LogP contribution in [0.25, 0.3) is 0 Å². The summed E-state index contributed by atoms with van der Waals surface area (Å²) in [6, 6.07) is 17.5. The first kappa shape index (κ1) is 47.5. The largest absolute Gasteiger partial charge is 0.456 e. The van der Waals surface area contributed by atoms with E-state index < -0.39 is 104 Å². The average molecular weight is 905 g/mol. The molecule has 1 N–H and O–H groups in total. The molecule has 0 aromatic heterocycles. The van der Waals surface area contributed by atoms with Gasteiger partial charge in [0.2, 0.25) is 3.79 Å². The van der Waals surface area contributed by atoms with Crippen molar-refractivity contribution in [2.24, 2.45) is 5.92 Å². The molecule has 18 heteroatoms. The van der Waals surface area contributed by atoms with Crippen molar-refractivity contribution < 1.29 is 61.4 Å². The van der Waals surface area contributed by atoms with Crippen LogP contribution in [0.1, 0.15) is 65.9 Å². The Labute approximate surface area is 362 Å². The van der Waals surface area contributed by atoms with Gasteiger partial charge in [-0.3, -0.25) is 9.59 Å². The molecule has 0 radical (unpaired) electrons. The van der Waals surface area contributed by atoms with Crippen LogP contribution in [-0.4, -0.2) is 105 Å². The Hall–Kier alpha value is -2.54. The summed E-state index contributed by atoms with van der Waals surface area (Å²) < 4.78 is 61.6. The van der Waals surface area contributed by atoms with Crippen molar-refractivity contribution >= 4 is 61.2 Å². The summed E-state index contributed by atoms with van der Waals surface area (Å²) in [7, 11) is -2.74. The van der Waals surface area contributed by atoms with Gasteiger partial charge in [0.15, 0.2) is 39.4 Å². The van der Waals surface area contributed by atoms with Crippen LogP contribution in [0.4, 0.5) is 4.79 Å². The maximum atomic E-state index is 13.7. The molecule has 2 aromatic rings. The monoisotopic (exact) mass is 903 g/mol. The molecule has 2 aromatic carbocycles. The van der Waals surface area contributed by atoms with Gasteiger partial charge in [-0.25, -0.2) is 4.79 Å². The van der Waals surface area contributed by atoms with Gasteiger partial charge in [0.1, 0.15) is 37.1 Å². The lowest BCUT2D eigenvalue weighted by Crippen LogP contribution is -2.71. The maximum absolute atomic E-state index is 13.7. The summed E-state index contributed by atoms with van der Waals surface area (Å²) >= 11 is 17.9. The van der Waals surface area contributed by atoms with Crippen molar-refractivity contribution in [2.45, 2.75) is 145 Å². The molecule has 3 aliphatic heterocycles. The van der Waals surface area contributed by atoms with Gasteiger partial charge >= 0.3 is 18.0 Å². The standard InChI is InChI=1S/C41H56Cl3NO13Si/c1-23(2)40(6,7)59(8,9)58-37-30(45-39(48)51-22-41(42,43)44)33(32-29(55-37)21-50-36(56-32)28-18-14-11-15-19-28)57-38-35(49-20-27-16-12-10-13-17-27)34(54-26(5)47)31(24(3)52-38)53-25(4)46/h10-19,23-24,29-38H,20-22H2,1-9H3,(H,45,48)/t24-,29+,30+,31+,32+,33+,34+,35-,36?,37-,38-/m0/s1. The Balaban J connectivity index is 1.61. The second-order valence-electron chi connectivity index (χ2n) is 16.3. The fourth-order valence-electron chi connectivity index (χ4n) is 7.09. The SMILES string of the molecule is CC(=O)O[C@H]1[C@H](OCc2ccccc2)[C@H](O[C@@H]2[C@@H](NC(=O)OCC(Cl)(Cl)Cl)[C@H](O[Si](C)(C)C(C)(C)C(C)C)O[C@@H]3COC(c4ccccc4)O[C@@H]23)O[C@@H](C)[C@H]1OC(C)=O. The predicted molar refractivity (Wildman–Crippen MR) is 220 cm³/mol. The van der Waals surface area contributed by atoms with E-state index >= 15 is 0 Å². The lowest BCUT2D eigenvalue weighted by atomic mass is 9.94. The zero-order valence-corrected chi connectivity index (χ0v) is 38.0. The van der Waals surface area contributed by atoms with E-state index in [1.165, 1.54) is 13.8 Å². The van der Waals surface area contributed by atoms with Gasteiger partial charge in [0.05, 0.1) is 19.3 Å². The van der Waals surface area contributed by atoms with Crippen LogP contribution < -0.4 is 5.32 Å². The number of nitrogens with one attached hydrogen (secondary N) is 1. The van der Waals surface area contributed by atoms with Crippen LogP contribution in [-0.2, 0) is 63.3 Å². The highest BCUT2D eigenvalue weighted by atomic mass is 35.6. The molecule has 0 bridgehead atoms. The van der Waals surface area contributed by atoms with Gasteiger partial charge in [0.25, 0.3) is 0 Å². The highest BCUT2D eigenvalue weighted by Gasteiger charge is 2.58. The summed E-state index contributed by atoms with van der Waals surface area (Å²) in [6.07, 6.45) is -11.5. The summed E-state index contributed by atoms with van der Waals surface area (Å²) in [5.74, 6) is -1.06. The number of hydrogen-bond acceptors (Lipinski definition) is 13. The molecule has 5 rings (SSSR count). The third-order valence-corrected chi connectivity index (χ3v) is 16.2. The second kappa shape index (κ2) is 20.1. The minimum Gasteiger partial charge on any atom is -0.456 e. The second-order valence-corrected chi connectivity index (χ2v) is 23.4. The van der Waals surface area contributed by atoms with Crippen molar-refractivity contribution in [3.8, 4) is 0 Å². The molecule has 1 unspecified atom stereocenters. The lowest BCUT2D eigenvalue weighted by molar-refractivity contribution is -0.374. The van der Waals surface area contributed by atoms with Crippen molar-refractivity contribution in [1.29, 1.82) is 0 Å². The molecule has 0 spiro atoms. The van der Waals surface area contributed by atoms with Gasteiger partial charge in [-0.05, 0) is 36.5 Å². The van der Waals surface area contributed by atoms with Crippen molar-refractivity contribution in [3.05, 3.63) is 71.8 Å². The number of benzene rings is 2. The first-order valence-corrected chi connectivity index (χ1v) is 23.7. The maximum Gasteiger partial charge on any atom is 0.407 e. The molecule has 0 saturated carbocycles. The van der Waals surface area contributed by atoms with Gasteiger partial charge in [0, 0.05) is 19.4 Å². The van der Waals surface area contributed by atoms with Crippen LogP contribution >= 0.6 is 34.8 Å². The molecule has 59 heavy (non-hydrogen) atoms. The summed E-state index contributed by atoms with van der Waals surface area (Å²) in [6.45, 7) is 16.4. The fourth-order valence-corrected chi connectivity index (χ4v) is 9.73. The van der Waals surface area contributed by atoms with Crippen LogP contribution in [0.2, 0.25) is 18.1 Å². The first-order chi connectivity index (χ1) is 27.7. The topological polar surface area (TPSA) is 156 Å². The Morgan fingerprint density at radius 2 is 1.46 bits per heavy atom. The lowest BCUT2D eigenvalue weighted by Gasteiger charge is -2.53. The number of carbonyl (C=O) groups is 3. The number of alkyl halides is 3. The van der Waals surface area contributed by atoms with Crippen molar-refractivity contribution in [3.63, 3.8) is 0 Å². The number of esters is 2. The van der Waals surface area contributed by atoms with Gasteiger partial charge < -0.3 is 52.4 Å². The molecule has 14 nitrogen and oxygen atoms in total. The number of hydrogen-bond donors (Lipinski definition) is 1.